The van der Waals surface area contributed by atoms with Gasteiger partial charge in [0.2, 0.25) is 0 Å². The first-order chi connectivity index (χ1) is 17.0. The molecule has 5 nitrogen and oxygen atoms in total. The van der Waals surface area contributed by atoms with Gasteiger partial charge in [0, 0.05) is 5.69 Å². The molecule has 36 heavy (non-hydrogen) atoms. The number of carbonyl (C=O) groups excluding carboxylic acids is 1. The summed E-state index contributed by atoms with van der Waals surface area (Å²) in [5.41, 5.74) is -0.170. The first-order valence-corrected chi connectivity index (χ1v) is 11.6. The normalized spacial score (nSPS) is 11.6. The Kier molecular flexibility index (Phi) is 8.90. The molecule has 0 atom stereocenters. The number of anilines is 1. The zero-order valence-corrected chi connectivity index (χ0v) is 21.5. The molecule has 186 valence electrons. The van der Waals surface area contributed by atoms with E-state index >= 15 is 0 Å². The van der Waals surface area contributed by atoms with Gasteiger partial charge < -0.3 is 14.8 Å². The maximum Gasteiger partial charge on any atom is 0.416 e. The van der Waals surface area contributed by atoms with E-state index in [1.807, 2.05) is 0 Å². The third-order valence-electron chi connectivity index (χ3n) is 4.74. The van der Waals surface area contributed by atoms with Crippen molar-refractivity contribution in [3.8, 4) is 17.6 Å². The van der Waals surface area contributed by atoms with Crippen LogP contribution in [0.25, 0.3) is 6.08 Å². The Bertz CT molecular complexity index is 1370. The van der Waals surface area contributed by atoms with Crippen molar-refractivity contribution in [2.24, 2.45) is 0 Å². The number of nitrogens with one attached hydrogen (secondary N) is 1. The average molecular weight is 600 g/mol. The zero-order valence-electron chi connectivity index (χ0n) is 18.4. The second-order valence-electron chi connectivity index (χ2n) is 7.27. The van der Waals surface area contributed by atoms with Gasteiger partial charge in [0.15, 0.2) is 11.5 Å². The lowest BCUT2D eigenvalue weighted by Crippen LogP contribution is -2.14. The maximum atomic E-state index is 12.9. The summed E-state index contributed by atoms with van der Waals surface area (Å²) in [6, 6.07) is 14.1. The third-order valence-corrected chi connectivity index (χ3v) is 6.07. The van der Waals surface area contributed by atoms with E-state index < -0.39 is 17.6 Å². The highest BCUT2D eigenvalue weighted by Gasteiger charge is 2.30. The van der Waals surface area contributed by atoms with Gasteiger partial charge in [-0.05, 0) is 75.6 Å². The van der Waals surface area contributed by atoms with Gasteiger partial charge >= 0.3 is 6.18 Å². The van der Waals surface area contributed by atoms with Gasteiger partial charge in [0.05, 0.1) is 27.2 Å². The summed E-state index contributed by atoms with van der Waals surface area (Å²) in [5, 5.41) is 12.6. The van der Waals surface area contributed by atoms with Crippen LogP contribution in [0.4, 0.5) is 18.9 Å². The van der Waals surface area contributed by atoms with Crippen LogP contribution < -0.4 is 14.8 Å². The lowest BCUT2D eigenvalue weighted by Gasteiger charge is -2.14. The van der Waals surface area contributed by atoms with E-state index in [-0.39, 0.29) is 17.9 Å². The summed E-state index contributed by atoms with van der Waals surface area (Å²) in [5.74, 6) is -0.189. The van der Waals surface area contributed by atoms with E-state index in [4.69, 9.17) is 32.7 Å². The fourth-order valence-corrected chi connectivity index (χ4v) is 3.93. The molecule has 0 saturated heterocycles. The van der Waals surface area contributed by atoms with Gasteiger partial charge in [-0.1, -0.05) is 35.3 Å². The van der Waals surface area contributed by atoms with Gasteiger partial charge in [-0.15, -0.1) is 0 Å². The molecule has 3 aromatic carbocycles. The molecule has 0 heterocycles. The van der Waals surface area contributed by atoms with Crippen LogP contribution in [0, 0.1) is 11.3 Å². The van der Waals surface area contributed by atoms with Crippen LogP contribution in [0.5, 0.6) is 11.5 Å². The van der Waals surface area contributed by atoms with Crippen molar-refractivity contribution in [3.63, 3.8) is 0 Å². The SMILES string of the molecule is COc1cc(/C=C(\C#N)C(=O)Nc2cccc(C(F)(F)F)c2)cc(Br)c1OCc1ccc(Cl)c(Cl)c1. The van der Waals surface area contributed by atoms with Crippen molar-refractivity contribution in [1.29, 1.82) is 5.26 Å². The van der Waals surface area contributed by atoms with Crippen molar-refractivity contribution >= 4 is 56.8 Å². The molecule has 0 spiro atoms. The molecule has 1 amide bonds. The molecule has 0 saturated carbocycles. The molecule has 0 bridgehead atoms. The van der Waals surface area contributed by atoms with Crippen molar-refractivity contribution in [2.75, 3.05) is 12.4 Å². The van der Waals surface area contributed by atoms with E-state index in [9.17, 15) is 23.2 Å². The number of nitriles is 1. The Morgan fingerprint density at radius 3 is 2.53 bits per heavy atom. The molecule has 0 aliphatic rings. The lowest BCUT2D eigenvalue weighted by atomic mass is 10.1. The predicted molar refractivity (Wildman–Crippen MR) is 135 cm³/mol. The summed E-state index contributed by atoms with van der Waals surface area (Å²) >= 11 is 15.4. The van der Waals surface area contributed by atoms with E-state index in [1.54, 1.807) is 36.4 Å². The summed E-state index contributed by atoms with van der Waals surface area (Å²) in [6.07, 6.45) is -3.29. The fourth-order valence-electron chi connectivity index (χ4n) is 3.04. The fraction of sp³-hybridized carbons (Fsp3) is 0.120. The van der Waals surface area contributed by atoms with E-state index in [1.165, 1.54) is 19.3 Å². The van der Waals surface area contributed by atoms with Crippen molar-refractivity contribution < 1.29 is 27.4 Å². The quantitative estimate of drug-likeness (QED) is 0.221. The number of carbonyl (C=O) groups is 1. The molecule has 0 unspecified atom stereocenters. The molecule has 0 fully saturated rings. The Labute approximate surface area is 223 Å². The number of amides is 1. The molecular weight excluding hydrogens is 584 g/mol. The highest BCUT2D eigenvalue weighted by atomic mass is 79.9. The number of hydrogen-bond acceptors (Lipinski definition) is 4. The number of rotatable bonds is 7. The Morgan fingerprint density at radius 1 is 1.14 bits per heavy atom. The van der Waals surface area contributed by atoms with Gasteiger partial charge in [-0.25, -0.2) is 0 Å². The number of ether oxygens (including phenoxy) is 2. The van der Waals surface area contributed by atoms with E-state index in [2.05, 4.69) is 21.2 Å². The van der Waals surface area contributed by atoms with Gasteiger partial charge in [-0.3, -0.25) is 4.79 Å². The lowest BCUT2D eigenvalue weighted by molar-refractivity contribution is -0.137. The van der Waals surface area contributed by atoms with Crippen LogP contribution in [0.15, 0.2) is 64.6 Å². The largest absolute Gasteiger partial charge is 0.493 e. The summed E-state index contributed by atoms with van der Waals surface area (Å²) < 4.78 is 50.5. The topological polar surface area (TPSA) is 71.3 Å². The second-order valence-corrected chi connectivity index (χ2v) is 8.94. The minimum Gasteiger partial charge on any atom is -0.493 e. The zero-order chi connectivity index (χ0) is 26.5. The van der Waals surface area contributed by atoms with Crippen LogP contribution >= 0.6 is 39.1 Å². The van der Waals surface area contributed by atoms with Crippen LogP contribution in [-0.4, -0.2) is 13.0 Å². The number of nitrogens with zero attached hydrogens (tertiary/aromatic N) is 1. The predicted octanol–water partition coefficient (Wildman–Crippen LogP) is 7.91. The Morgan fingerprint density at radius 2 is 1.89 bits per heavy atom. The Hall–Kier alpha value is -3.19. The standard InChI is InChI=1S/C25H16BrCl2F3N2O3/c1-35-22-10-15(8-19(26)23(22)36-13-14-5-6-20(27)21(28)9-14)7-16(12-32)24(34)33-18-4-2-3-17(11-18)25(29,30)31/h2-11H,13H2,1H3,(H,33,34)/b16-7+. The molecule has 0 aromatic heterocycles. The van der Waals surface area contributed by atoms with Crippen molar-refractivity contribution in [2.45, 2.75) is 12.8 Å². The van der Waals surface area contributed by atoms with E-state index in [0.29, 0.717) is 31.6 Å². The summed E-state index contributed by atoms with van der Waals surface area (Å²) in [4.78, 5) is 12.6. The molecule has 3 aromatic rings. The first kappa shape index (κ1) is 27.4. The van der Waals surface area contributed by atoms with Crippen LogP contribution in [0.3, 0.4) is 0 Å². The van der Waals surface area contributed by atoms with Crippen molar-refractivity contribution in [3.05, 3.63) is 91.4 Å². The monoisotopic (exact) mass is 598 g/mol. The Balaban J connectivity index is 1.82. The smallest absolute Gasteiger partial charge is 0.416 e. The van der Waals surface area contributed by atoms with Gasteiger partial charge in [0.25, 0.3) is 5.91 Å². The summed E-state index contributed by atoms with van der Waals surface area (Å²) in [7, 11) is 1.42. The highest BCUT2D eigenvalue weighted by molar-refractivity contribution is 9.10. The number of alkyl halides is 3. The van der Waals surface area contributed by atoms with Crippen LogP contribution in [0.1, 0.15) is 16.7 Å². The minimum atomic E-state index is -4.57. The summed E-state index contributed by atoms with van der Waals surface area (Å²) in [6.45, 7) is 0.157. The minimum absolute atomic E-state index is 0.0965. The number of hydrogen-bond donors (Lipinski definition) is 1. The second kappa shape index (κ2) is 11.7. The molecule has 11 heteroatoms. The molecule has 3 rings (SSSR count). The molecule has 0 aliphatic heterocycles. The van der Waals surface area contributed by atoms with Crippen molar-refractivity contribution in [1.82, 2.24) is 0 Å². The van der Waals surface area contributed by atoms with Gasteiger partial charge in [-0.2, -0.15) is 18.4 Å². The van der Waals surface area contributed by atoms with Gasteiger partial charge in [0.1, 0.15) is 18.2 Å². The first-order valence-electron chi connectivity index (χ1n) is 10.1. The number of benzene rings is 3. The average Bonchev–Trinajstić information content (AvgIpc) is 2.83. The number of methoxy groups -OCH3 is 1. The number of halogens is 6. The molecular formula is C25H16BrCl2F3N2O3. The third kappa shape index (κ3) is 6.94. The van der Waals surface area contributed by atoms with Crippen LogP contribution in [-0.2, 0) is 17.6 Å². The molecule has 1 N–H and O–H groups in total. The molecule has 0 radical (unpaired) electrons. The van der Waals surface area contributed by atoms with Crippen LogP contribution in [0.2, 0.25) is 10.0 Å². The highest BCUT2D eigenvalue weighted by Crippen LogP contribution is 2.38. The van der Waals surface area contributed by atoms with E-state index in [0.717, 1.165) is 23.8 Å². The maximum absolute atomic E-state index is 12.9. The molecule has 0 aliphatic carbocycles.